The van der Waals surface area contributed by atoms with Gasteiger partial charge in [-0.25, -0.2) is 4.98 Å². The molecule has 0 amide bonds. The first-order chi connectivity index (χ1) is 16.3. The van der Waals surface area contributed by atoms with Gasteiger partial charge in [0.2, 0.25) is 5.95 Å². The predicted octanol–water partition coefficient (Wildman–Crippen LogP) is 4.37. The number of aromatic amines is 1. The molecule has 2 heterocycles. The summed E-state index contributed by atoms with van der Waals surface area (Å²) in [6, 6.07) is 8.05. The van der Waals surface area contributed by atoms with Gasteiger partial charge in [-0.2, -0.15) is 4.98 Å². The third-order valence-electron chi connectivity index (χ3n) is 6.00. The van der Waals surface area contributed by atoms with Crippen molar-refractivity contribution in [3.63, 3.8) is 0 Å². The number of fused-ring (bicyclic) bond motifs is 1. The normalized spacial score (nSPS) is 13.4. The molecular formula is C25H36N6O2S. The molecule has 3 rings (SSSR count). The van der Waals surface area contributed by atoms with E-state index in [0.29, 0.717) is 17.1 Å². The number of nitrogens with two attached hydrogens (primary N) is 1. The topological polar surface area (TPSA) is 112 Å². The fraction of sp³-hybridized carbons (Fsp3) is 0.480. The number of nitrogen functional groups attached to an aromatic ring is 1. The summed E-state index contributed by atoms with van der Waals surface area (Å²) in [6.07, 6.45) is 4.84. The number of hydrogen-bond donors (Lipinski definition) is 4. The number of methoxy groups -OCH3 is 1. The van der Waals surface area contributed by atoms with Gasteiger partial charge in [0.1, 0.15) is 10.5 Å². The SMILES string of the molecule is CCCC[C@](C)(CO)Nc1nc(N)nc2cc(-c3cc(=S)[nH]cc3CN(C)CCOC)ccc12. The van der Waals surface area contributed by atoms with Crippen molar-refractivity contribution in [2.45, 2.75) is 45.2 Å². The highest BCUT2D eigenvalue weighted by Gasteiger charge is 2.24. The molecule has 0 spiro atoms. The van der Waals surface area contributed by atoms with Crippen LogP contribution in [0.2, 0.25) is 0 Å². The van der Waals surface area contributed by atoms with Gasteiger partial charge in [0.15, 0.2) is 0 Å². The summed E-state index contributed by atoms with van der Waals surface area (Å²) in [4.78, 5) is 14.3. The van der Waals surface area contributed by atoms with Crippen LogP contribution in [0.1, 0.15) is 38.7 Å². The molecule has 1 atom stereocenters. The van der Waals surface area contributed by atoms with E-state index in [1.165, 1.54) is 0 Å². The van der Waals surface area contributed by atoms with Gasteiger partial charge in [-0.3, -0.25) is 4.90 Å². The summed E-state index contributed by atoms with van der Waals surface area (Å²) in [6.45, 7) is 6.37. The van der Waals surface area contributed by atoms with Gasteiger partial charge < -0.3 is 25.9 Å². The minimum atomic E-state index is -0.491. The minimum Gasteiger partial charge on any atom is -0.394 e. The third-order valence-corrected chi connectivity index (χ3v) is 6.24. The first kappa shape index (κ1) is 26.0. The zero-order valence-electron chi connectivity index (χ0n) is 20.5. The zero-order valence-corrected chi connectivity index (χ0v) is 21.3. The van der Waals surface area contributed by atoms with Gasteiger partial charge in [0.25, 0.3) is 0 Å². The lowest BCUT2D eigenvalue weighted by molar-refractivity contribution is 0.158. The van der Waals surface area contributed by atoms with Gasteiger partial charge in [0, 0.05) is 31.8 Å². The van der Waals surface area contributed by atoms with Gasteiger partial charge >= 0.3 is 0 Å². The molecule has 0 aliphatic carbocycles. The second kappa shape index (κ2) is 11.7. The van der Waals surface area contributed by atoms with E-state index in [0.717, 1.165) is 59.9 Å². The zero-order chi connectivity index (χ0) is 24.7. The first-order valence-electron chi connectivity index (χ1n) is 11.6. The van der Waals surface area contributed by atoms with Crippen LogP contribution in [-0.4, -0.2) is 64.4 Å². The smallest absolute Gasteiger partial charge is 0.222 e. The minimum absolute atomic E-state index is 0.00143. The summed E-state index contributed by atoms with van der Waals surface area (Å²) in [5.41, 5.74) is 9.49. The summed E-state index contributed by atoms with van der Waals surface area (Å²) in [5, 5.41) is 14.3. The molecule has 0 aliphatic heterocycles. The Labute approximate surface area is 206 Å². The third kappa shape index (κ3) is 6.50. The highest BCUT2D eigenvalue weighted by atomic mass is 32.1. The van der Waals surface area contributed by atoms with Crippen molar-refractivity contribution in [3.8, 4) is 11.1 Å². The van der Waals surface area contributed by atoms with E-state index in [4.69, 9.17) is 22.7 Å². The molecule has 3 aromatic rings. The first-order valence-corrected chi connectivity index (χ1v) is 12.0. The van der Waals surface area contributed by atoms with Crippen molar-refractivity contribution in [3.05, 3.63) is 40.7 Å². The molecule has 0 bridgehead atoms. The molecule has 0 aliphatic rings. The van der Waals surface area contributed by atoms with Crippen LogP contribution in [0.5, 0.6) is 0 Å². The average molecular weight is 485 g/mol. The number of hydrogen-bond acceptors (Lipinski definition) is 8. The maximum absolute atomic E-state index is 10.0. The van der Waals surface area contributed by atoms with Crippen LogP contribution in [0.25, 0.3) is 22.0 Å². The Morgan fingerprint density at radius 1 is 1.29 bits per heavy atom. The molecule has 9 heteroatoms. The van der Waals surface area contributed by atoms with E-state index in [1.807, 2.05) is 31.3 Å². The van der Waals surface area contributed by atoms with Gasteiger partial charge in [-0.1, -0.05) is 38.0 Å². The Balaban J connectivity index is 2.01. The molecule has 34 heavy (non-hydrogen) atoms. The Bertz CT molecular complexity index is 1170. The van der Waals surface area contributed by atoms with Crippen molar-refractivity contribution in [1.82, 2.24) is 19.9 Å². The second-order valence-electron chi connectivity index (χ2n) is 9.08. The number of nitrogens with zero attached hydrogens (tertiary/aromatic N) is 3. The summed E-state index contributed by atoms with van der Waals surface area (Å²) in [7, 11) is 3.77. The number of unbranched alkanes of at least 4 members (excludes halogenated alkanes) is 1. The maximum atomic E-state index is 10.0. The van der Waals surface area contributed by atoms with Gasteiger partial charge in [0.05, 0.1) is 24.3 Å². The number of rotatable bonds is 12. The number of anilines is 2. The standard InChI is InChI=1S/C25H36N6O2S/c1-5-6-9-25(2,16-32)30-23-19-8-7-17(12-21(19)28-24(26)29-23)20-13-22(34)27-14-18(20)15-31(3)10-11-33-4/h7-8,12-14,32H,5-6,9-11,15-16H2,1-4H3,(H,27,34)(H3,26,28,29,30)/t25-/m1/s1. The highest BCUT2D eigenvalue weighted by Crippen LogP contribution is 2.31. The molecule has 0 unspecified atom stereocenters. The molecule has 2 aromatic heterocycles. The number of nitrogens with one attached hydrogen (secondary N) is 2. The maximum Gasteiger partial charge on any atom is 0.222 e. The number of aliphatic hydroxyl groups is 1. The Morgan fingerprint density at radius 2 is 2.09 bits per heavy atom. The number of ether oxygens (including phenoxy) is 1. The highest BCUT2D eigenvalue weighted by molar-refractivity contribution is 7.71. The van der Waals surface area contributed by atoms with Crippen LogP contribution in [0.15, 0.2) is 30.5 Å². The van der Waals surface area contributed by atoms with Crippen molar-refractivity contribution < 1.29 is 9.84 Å². The van der Waals surface area contributed by atoms with Crippen molar-refractivity contribution in [2.75, 3.05) is 45.0 Å². The van der Waals surface area contributed by atoms with Gasteiger partial charge in [-0.05, 0) is 55.3 Å². The number of aromatic nitrogens is 3. The Kier molecular flexibility index (Phi) is 8.96. The largest absolute Gasteiger partial charge is 0.394 e. The van der Waals surface area contributed by atoms with Crippen molar-refractivity contribution >= 4 is 34.9 Å². The lowest BCUT2D eigenvalue weighted by atomic mass is 9.95. The van der Waals surface area contributed by atoms with Crippen molar-refractivity contribution in [2.24, 2.45) is 0 Å². The van der Waals surface area contributed by atoms with E-state index >= 15 is 0 Å². The van der Waals surface area contributed by atoms with E-state index in [9.17, 15) is 5.11 Å². The monoisotopic (exact) mass is 484 g/mol. The van der Waals surface area contributed by atoms with E-state index in [1.54, 1.807) is 7.11 Å². The summed E-state index contributed by atoms with van der Waals surface area (Å²) in [5.74, 6) is 0.819. The van der Waals surface area contributed by atoms with Gasteiger partial charge in [-0.15, -0.1) is 0 Å². The quantitative estimate of drug-likeness (QED) is 0.280. The van der Waals surface area contributed by atoms with Crippen LogP contribution < -0.4 is 11.1 Å². The predicted molar refractivity (Wildman–Crippen MR) is 141 cm³/mol. The van der Waals surface area contributed by atoms with E-state index in [2.05, 4.69) is 45.2 Å². The number of aliphatic hydroxyl groups excluding tert-OH is 1. The molecular weight excluding hydrogens is 448 g/mol. The number of pyridine rings is 1. The van der Waals surface area contributed by atoms with Crippen LogP contribution in [0, 0.1) is 4.64 Å². The van der Waals surface area contributed by atoms with E-state index < -0.39 is 5.54 Å². The van der Waals surface area contributed by atoms with E-state index in [-0.39, 0.29) is 12.6 Å². The average Bonchev–Trinajstić information content (AvgIpc) is 2.82. The van der Waals surface area contributed by atoms with Crippen LogP contribution in [0.4, 0.5) is 11.8 Å². The molecule has 1 aromatic carbocycles. The second-order valence-corrected chi connectivity index (χ2v) is 9.52. The number of H-pyrrole nitrogens is 1. The fourth-order valence-corrected chi connectivity index (χ4v) is 4.14. The Morgan fingerprint density at radius 3 is 2.79 bits per heavy atom. The molecule has 184 valence electrons. The lowest BCUT2D eigenvalue weighted by Crippen LogP contribution is -2.39. The molecule has 8 nitrogen and oxygen atoms in total. The molecule has 0 saturated heterocycles. The number of benzene rings is 1. The van der Waals surface area contributed by atoms with Crippen LogP contribution in [0.3, 0.4) is 0 Å². The number of likely N-dealkylation sites (N-methyl/N-ethyl adjacent to an activating group) is 1. The molecule has 5 N–H and O–H groups in total. The molecule has 0 fully saturated rings. The van der Waals surface area contributed by atoms with Crippen molar-refractivity contribution in [1.29, 1.82) is 0 Å². The fourth-order valence-electron chi connectivity index (χ4n) is 3.96. The molecule has 0 saturated carbocycles. The lowest BCUT2D eigenvalue weighted by Gasteiger charge is -2.30. The van der Waals surface area contributed by atoms with Crippen LogP contribution in [-0.2, 0) is 11.3 Å². The Hall–Kier alpha value is -2.59. The molecule has 0 radical (unpaired) electrons. The summed E-state index contributed by atoms with van der Waals surface area (Å²) >= 11 is 5.42. The summed E-state index contributed by atoms with van der Waals surface area (Å²) < 4.78 is 5.87. The van der Waals surface area contributed by atoms with Crippen LogP contribution >= 0.6 is 12.2 Å².